The zero-order valence-electron chi connectivity index (χ0n) is 13.2. The van der Waals surface area contributed by atoms with Crippen molar-refractivity contribution in [2.24, 2.45) is 29.6 Å². The predicted molar refractivity (Wildman–Crippen MR) is 86.2 cm³/mol. The fraction of sp³-hybridized carbons (Fsp3) is 1.00. The topological polar surface area (TPSA) is 34.1 Å². The van der Waals surface area contributed by atoms with Crippen LogP contribution in [0.25, 0.3) is 0 Å². The quantitative estimate of drug-likeness (QED) is 0.782. The molecular weight excluding hydrogens is 276 g/mol. The minimum atomic E-state index is -0.570. The molecule has 6 unspecified atom stereocenters. The van der Waals surface area contributed by atoms with Gasteiger partial charge in [-0.1, -0.05) is 27.7 Å². The van der Waals surface area contributed by atoms with Crippen LogP contribution in [0.3, 0.4) is 0 Å². The normalized spacial score (nSPS) is 35.6. The molecule has 6 atom stereocenters. The Hall–Kier alpha value is 0.300. The van der Waals surface area contributed by atoms with Crippen molar-refractivity contribution in [2.45, 2.75) is 45.8 Å². The van der Waals surface area contributed by atoms with Crippen molar-refractivity contribution in [3.63, 3.8) is 0 Å². The van der Waals surface area contributed by atoms with E-state index >= 15 is 0 Å². The third-order valence-electron chi connectivity index (χ3n) is 4.34. The second kappa shape index (κ2) is 7.35. The molecular formula is C15H30O2S2. The summed E-state index contributed by atoms with van der Waals surface area (Å²) >= 11 is 0. The van der Waals surface area contributed by atoms with Gasteiger partial charge in [-0.15, -0.1) is 0 Å². The van der Waals surface area contributed by atoms with Crippen molar-refractivity contribution in [3.05, 3.63) is 0 Å². The van der Waals surface area contributed by atoms with E-state index < -0.39 is 21.6 Å². The summed E-state index contributed by atoms with van der Waals surface area (Å²) in [5, 5.41) is 0.532. The van der Waals surface area contributed by atoms with Crippen LogP contribution in [0.15, 0.2) is 0 Å². The van der Waals surface area contributed by atoms with Crippen LogP contribution in [-0.2, 0) is 21.6 Å². The van der Waals surface area contributed by atoms with E-state index in [1.807, 2.05) is 6.26 Å². The standard InChI is InChI=1S/C8H16OS.C7H14OS/c1-6(2)8-4-7(8)5-10(3)9;1-5(2)6-4-7(6)9(3)8/h6-8H,4-5H2,1-3H3;5-7H,4H2,1-3H3. The Morgan fingerprint density at radius 2 is 1.47 bits per heavy atom. The van der Waals surface area contributed by atoms with Crippen LogP contribution in [0.1, 0.15) is 40.5 Å². The Morgan fingerprint density at radius 3 is 1.68 bits per heavy atom. The van der Waals surface area contributed by atoms with Crippen molar-refractivity contribution in [1.29, 1.82) is 0 Å². The van der Waals surface area contributed by atoms with Crippen molar-refractivity contribution in [1.82, 2.24) is 0 Å². The highest BCUT2D eigenvalue weighted by atomic mass is 32.2. The highest BCUT2D eigenvalue weighted by Gasteiger charge is 2.41. The second-order valence-corrected chi connectivity index (χ2v) is 9.91. The van der Waals surface area contributed by atoms with Crippen molar-refractivity contribution in [3.8, 4) is 0 Å². The average Bonchev–Trinajstić information content (AvgIpc) is 3.10. The Bertz CT molecular complexity index is 339. The van der Waals surface area contributed by atoms with Gasteiger partial charge in [0.2, 0.25) is 0 Å². The van der Waals surface area contributed by atoms with E-state index in [9.17, 15) is 8.42 Å². The lowest BCUT2D eigenvalue weighted by molar-refractivity contribution is 0.531. The predicted octanol–water partition coefficient (Wildman–Crippen LogP) is 3.07. The van der Waals surface area contributed by atoms with E-state index in [0.29, 0.717) is 5.25 Å². The maximum absolute atomic E-state index is 10.8. The molecule has 0 aromatic heterocycles. The molecule has 0 spiro atoms. The molecule has 0 heterocycles. The lowest BCUT2D eigenvalue weighted by atomic mass is 10.1. The maximum atomic E-state index is 10.8. The summed E-state index contributed by atoms with van der Waals surface area (Å²) in [7, 11) is -1.13. The third kappa shape index (κ3) is 6.07. The van der Waals surface area contributed by atoms with Crippen LogP contribution in [0, 0.1) is 29.6 Å². The minimum Gasteiger partial charge on any atom is -0.260 e. The molecule has 2 aliphatic carbocycles. The molecule has 2 rings (SSSR count). The molecule has 2 aliphatic rings. The van der Waals surface area contributed by atoms with Gasteiger partial charge in [-0.05, 0) is 42.4 Å². The lowest BCUT2D eigenvalue weighted by Crippen LogP contribution is -2.01. The summed E-state index contributed by atoms with van der Waals surface area (Å²) in [6.45, 7) is 8.92. The molecule has 0 aromatic carbocycles. The van der Waals surface area contributed by atoms with Gasteiger partial charge in [0.1, 0.15) is 0 Å². The molecule has 0 saturated heterocycles. The number of rotatable bonds is 5. The van der Waals surface area contributed by atoms with Crippen LogP contribution in [0.2, 0.25) is 0 Å². The van der Waals surface area contributed by atoms with E-state index in [1.54, 1.807) is 6.26 Å². The van der Waals surface area contributed by atoms with Gasteiger partial charge >= 0.3 is 0 Å². The zero-order chi connectivity index (χ0) is 14.7. The van der Waals surface area contributed by atoms with Crippen LogP contribution in [0.5, 0.6) is 0 Å². The highest BCUT2D eigenvalue weighted by molar-refractivity contribution is 7.85. The van der Waals surface area contributed by atoms with Crippen LogP contribution < -0.4 is 0 Å². The Balaban J connectivity index is 0.000000191. The Morgan fingerprint density at radius 1 is 0.947 bits per heavy atom. The van der Waals surface area contributed by atoms with Crippen molar-refractivity contribution in [2.75, 3.05) is 18.3 Å². The first-order chi connectivity index (χ1) is 8.73. The molecule has 2 fully saturated rings. The number of hydrogen-bond donors (Lipinski definition) is 0. The van der Waals surface area contributed by atoms with Crippen molar-refractivity contribution >= 4 is 21.6 Å². The van der Waals surface area contributed by atoms with Gasteiger partial charge in [-0.2, -0.15) is 0 Å². The molecule has 0 aliphatic heterocycles. The fourth-order valence-electron chi connectivity index (χ4n) is 2.85. The fourth-order valence-corrected chi connectivity index (χ4v) is 5.14. The summed E-state index contributed by atoms with van der Waals surface area (Å²) in [6, 6.07) is 0. The average molecular weight is 307 g/mol. The zero-order valence-corrected chi connectivity index (χ0v) is 14.9. The molecule has 19 heavy (non-hydrogen) atoms. The lowest BCUT2D eigenvalue weighted by Gasteiger charge is -2.00. The molecule has 4 heteroatoms. The highest BCUT2D eigenvalue weighted by Crippen LogP contribution is 2.44. The Labute approximate surface area is 124 Å². The van der Waals surface area contributed by atoms with E-state index in [2.05, 4.69) is 27.7 Å². The van der Waals surface area contributed by atoms with Gasteiger partial charge in [0.25, 0.3) is 0 Å². The first-order valence-electron chi connectivity index (χ1n) is 7.36. The minimum absolute atomic E-state index is 0.532. The van der Waals surface area contributed by atoms with Crippen LogP contribution in [-0.4, -0.2) is 31.9 Å². The van der Waals surface area contributed by atoms with E-state index in [0.717, 1.165) is 35.3 Å². The molecule has 114 valence electrons. The van der Waals surface area contributed by atoms with Crippen molar-refractivity contribution < 1.29 is 8.42 Å². The van der Waals surface area contributed by atoms with Crippen LogP contribution >= 0.6 is 0 Å². The molecule has 0 bridgehead atoms. The maximum Gasteiger partial charge on any atom is 0.0379 e. The van der Waals surface area contributed by atoms with Gasteiger partial charge in [-0.3, -0.25) is 8.42 Å². The summed E-state index contributed by atoms with van der Waals surface area (Å²) < 4.78 is 21.6. The van der Waals surface area contributed by atoms with Gasteiger partial charge in [0, 0.05) is 45.1 Å². The summed E-state index contributed by atoms with van der Waals surface area (Å²) in [5.74, 6) is 4.89. The summed E-state index contributed by atoms with van der Waals surface area (Å²) in [5.41, 5.74) is 0. The van der Waals surface area contributed by atoms with E-state index in [4.69, 9.17) is 0 Å². The summed E-state index contributed by atoms with van der Waals surface area (Å²) in [6.07, 6.45) is 6.13. The smallest absolute Gasteiger partial charge is 0.0379 e. The monoisotopic (exact) mass is 306 g/mol. The van der Waals surface area contributed by atoms with Gasteiger partial charge < -0.3 is 0 Å². The molecule has 0 amide bonds. The number of hydrogen-bond acceptors (Lipinski definition) is 2. The van der Waals surface area contributed by atoms with Gasteiger partial charge in [0.05, 0.1) is 0 Å². The van der Waals surface area contributed by atoms with Gasteiger partial charge in [-0.25, -0.2) is 0 Å². The van der Waals surface area contributed by atoms with E-state index in [1.165, 1.54) is 12.8 Å². The van der Waals surface area contributed by atoms with Crippen LogP contribution in [0.4, 0.5) is 0 Å². The molecule has 2 saturated carbocycles. The molecule has 0 radical (unpaired) electrons. The molecule has 0 aromatic rings. The Kier molecular flexibility index (Phi) is 6.71. The summed E-state index contributed by atoms with van der Waals surface area (Å²) in [4.78, 5) is 0. The largest absolute Gasteiger partial charge is 0.260 e. The molecule has 0 N–H and O–H groups in total. The third-order valence-corrected chi connectivity index (χ3v) is 6.64. The first-order valence-corrected chi connectivity index (χ1v) is 10.7. The molecule has 2 nitrogen and oxygen atoms in total. The first kappa shape index (κ1) is 17.4. The SMILES string of the molecule is CC(C)C1CC1CS(C)=O.CC(C)C1CC1S(C)=O. The second-order valence-electron chi connectivity index (χ2n) is 6.82. The van der Waals surface area contributed by atoms with E-state index in [-0.39, 0.29) is 0 Å². The van der Waals surface area contributed by atoms with Gasteiger partial charge in [0.15, 0.2) is 0 Å².